The second-order valence-electron chi connectivity index (χ2n) is 3.76. The third kappa shape index (κ3) is 4.00. The highest BCUT2D eigenvalue weighted by molar-refractivity contribution is 5.27. The van der Waals surface area contributed by atoms with Crippen LogP contribution >= 0.6 is 0 Å². The molecular weight excluding hydrogens is 190 g/mol. The Kier molecular flexibility index (Phi) is 5.32. The average Bonchev–Trinajstić information content (AvgIpc) is 2.27. The molecule has 0 bridgehead atoms. The third-order valence-corrected chi connectivity index (χ3v) is 2.50. The van der Waals surface area contributed by atoms with Crippen LogP contribution in [0.2, 0.25) is 0 Å². The van der Waals surface area contributed by atoms with Gasteiger partial charge in [0.25, 0.3) is 0 Å². The van der Waals surface area contributed by atoms with Gasteiger partial charge in [-0.05, 0) is 30.4 Å². The van der Waals surface area contributed by atoms with Gasteiger partial charge in [-0.25, -0.2) is 0 Å². The summed E-state index contributed by atoms with van der Waals surface area (Å²) in [5, 5.41) is 17.8. The molecule has 84 valence electrons. The molecule has 3 heteroatoms. The first-order valence-corrected chi connectivity index (χ1v) is 5.32. The van der Waals surface area contributed by atoms with Crippen molar-refractivity contribution < 1.29 is 10.2 Å². The Morgan fingerprint density at radius 2 is 1.80 bits per heavy atom. The maximum Gasteiger partial charge on any atom is 0.0684 e. The van der Waals surface area contributed by atoms with Gasteiger partial charge in [-0.3, -0.25) is 0 Å². The van der Waals surface area contributed by atoms with E-state index in [2.05, 4.69) is 0 Å². The lowest BCUT2D eigenvalue weighted by molar-refractivity contribution is 0.276. The average molecular weight is 209 g/mol. The van der Waals surface area contributed by atoms with Gasteiger partial charge >= 0.3 is 0 Å². The monoisotopic (exact) mass is 209 g/mol. The van der Waals surface area contributed by atoms with Gasteiger partial charge in [0.05, 0.1) is 6.61 Å². The second kappa shape index (κ2) is 6.56. The minimum Gasteiger partial charge on any atom is -0.396 e. The summed E-state index contributed by atoms with van der Waals surface area (Å²) in [6.07, 6.45) is 2.31. The molecule has 0 aliphatic heterocycles. The molecule has 0 amide bonds. The smallest absolute Gasteiger partial charge is 0.0684 e. The number of hydrogen-bond acceptors (Lipinski definition) is 3. The van der Waals surface area contributed by atoms with E-state index >= 15 is 0 Å². The molecule has 0 unspecified atom stereocenters. The van der Waals surface area contributed by atoms with Gasteiger partial charge in [-0.15, -0.1) is 0 Å². The van der Waals surface area contributed by atoms with Gasteiger partial charge in [0.1, 0.15) is 0 Å². The van der Waals surface area contributed by atoms with Crippen molar-refractivity contribution in [2.45, 2.75) is 31.9 Å². The molecule has 0 aliphatic rings. The molecule has 1 rings (SSSR count). The summed E-state index contributed by atoms with van der Waals surface area (Å²) in [7, 11) is 0. The molecule has 15 heavy (non-hydrogen) atoms. The Labute approximate surface area is 90.5 Å². The van der Waals surface area contributed by atoms with Crippen LogP contribution in [0.15, 0.2) is 24.3 Å². The molecular formula is C12H19NO2. The van der Waals surface area contributed by atoms with Crippen LogP contribution in [-0.4, -0.2) is 22.9 Å². The zero-order valence-electron chi connectivity index (χ0n) is 8.89. The van der Waals surface area contributed by atoms with Crippen LogP contribution in [0.5, 0.6) is 0 Å². The van der Waals surface area contributed by atoms with Crippen molar-refractivity contribution in [3.05, 3.63) is 35.4 Å². The van der Waals surface area contributed by atoms with Crippen LogP contribution in [-0.2, 0) is 13.0 Å². The normalized spacial score (nSPS) is 12.7. The molecule has 1 aromatic carbocycles. The van der Waals surface area contributed by atoms with Gasteiger partial charge < -0.3 is 15.9 Å². The molecule has 3 nitrogen and oxygen atoms in total. The standard InChI is InChI=1S/C12H19NO2/c13-12(6-3-7-14)8-10-4-1-2-5-11(10)9-15/h1-2,4-5,12,14-15H,3,6-9,13H2/t12-/m0/s1. The molecule has 4 N–H and O–H groups in total. The number of hydrogen-bond donors (Lipinski definition) is 3. The first-order chi connectivity index (χ1) is 7.27. The maximum absolute atomic E-state index is 9.13. The third-order valence-electron chi connectivity index (χ3n) is 2.50. The van der Waals surface area contributed by atoms with E-state index in [1.807, 2.05) is 24.3 Å². The summed E-state index contributed by atoms with van der Waals surface area (Å²) in [5.41, 5.74) is 7.97. The summed E-state index contributed by atoms with van der Waals surface area (Å²) >= 11 is 0. The lowest BCUT2D eigenvalue weighted by atomic mass is 9.98. The SMILES string of the molecule is N[C@@H](CCCO)Cc1ccccc1CO. The van der Waals surface area contributed by atoms with E-state index in [0.29, 0.717) is 0 Å². The van der Waals surface area contributed by atoms with Crippen molar-refractivity contribution in [3.8, 4) is 0 Å². The Bertz CT molecular complexity index is 289. The van der Waals surface area contributed by atoms with Crippen LogP contribution in [0.1, 0.15) is 24.0 Å². The Morgan fingerprint density at radius 3 is 2.40 bits per heavy atom. The zero-order chi connectivity index (χ0) is 11.1. The summed E-state index contributed by atoms with van der Waals surface area (Å²) in [6, 6.07) is 7.82. The topological polar surface area (TPSA) is 66.5 Å². The number of rotatable bonds is 6. The summed E-state index contributed by atoms with van der Waals surface area (Å²) in [4.78, 5) is 0. The molecule has 1 aromatic rings. The summed E-state index contributed by atoms with van der Waals surface area (Å²) in [5.74, 6) is 0. The van der Waals surface area contributed by atoms with Crippen molar-refractivity contribution >= 4 is 0 Å². The first-order valence-electron chi connectivity index (χ1n) is 5.32. The molecule has 0 aliphatic carbocycles. The van der Waals surface area contributed by atoms with Crippen LogP contribution < -0.4 is 5.73 Å². The molecule has 0 spiro atoms. The lowest BCUT2D eigenvalue weighted by Crippen LogP contribution is -2.23. The van der Waals surface area contributed by atoms with Crippen LogP contribution in [0.4, 0.5) is 0 Å². The van der Waals surface area contributed by atoms with Crippen LogP contribution in [0, 0.1) is 0 Å². The fourth-order valence-electron chi connectivity index (χ4n) is 1.65. The van der Waals surface area contributed by atoms with Gasteiger partial charge in [-0.2, -0.15) is 0 Å². The number of benzene rings is 1. The Morgan fingerprint density at radius 1 is 1.13 bits per heavy atom. The van der Waals surface area contributed by atoms with E-state index < -0.39 is 0 Å². The molecule has 0 heterocycles. The highest BCUT2D eigenvalue weighted by atomic mass is 16.3. The van der Waals surface area contributed by atoms with E-state index in [4.69, 9.17) is 15.9 Å². The zero-order valence-corrected chi connectivity index (χ0v) is 8.89. The molecule has 0 saturated heterocycles. The van der Waals surface area contributed by atoms with Gasteiger partial charge in [-0.1, -0.05) is 24.3 Å². The molecule has 0 aromatic heterocycles. The van der Waals surface area contributed by atoms with E-state index in [1.165, 1.54) is 0 Å². The van der Waals surface area contributed by atoms with Crippen LogP contribution in [0.3, 0.4) is 0 Å². The van der Waals surface area contributed by atoms with E-state index in [1.54, 1.807) is 0 Å². The lowest BCUT2D eigenvalue weighted by Gasteiger charge is -2.13. The minimum absolute atomic E-state index is 0.0584. The van der Waals surface area contributed by atoms with Crippen molar-refractivity contribution in [1.82, 2.24) is 0 Å². The van der Waals surface area contributed by atoms with Crippen molar-refractivity contribution in [1.29, 1.82) is 0 Å². The second-order valence-corrected chi connectivity index (χ2v) is 3.76. The van der Waals surface area contributed by atoms with Crippen LogP contribution in [0.25, 0.3) is 0 Å². The predicted octanol–water partition coefficient (Wildman–Crippen LogP) is 0.821. The summed E-state index contributed by atoms with van der Waals surface area (Å²) in [6.45, 7) is 0.248. The maximum atomic E-state index is 9.13. The fourth-order valence-corrected chi connectivity index (χ4v) is 1.65. The van der Waals surface area contributed by atoms with E-state index in [9.17, 15) is 0 Å². The molecule has 1 atom stereocenters. The van der Waals surface area contributed by atoms with Crippen molar-refractivity contribution in [3.63, 3.8) is 0 Å². The largest absolute Gasteiger partial charge is 0.396 e. The van der Waals surface area contributed by atoms with Gasteiger partial charge in [0.2, 0.25) is 0 Å². The fraction of sp³-hybridized carbons (Fsp3) is 0.500. The molecule has 0 saturated carbocycles. The number of aliphatic hydroxyl groups is 2. The number of aliphatic hydroxyl groups excluding tert-OH is 2. The Hall–Kier alpha value is -0.900. The van der Waals surface area contributed by atoms with Crippen molar-refractivity contribution in [2.75, 3.05) is 6.61 Å². The molecule has 0 radical (unpaired) electrons. The Balaban J connectivity index is 2.55. The first kappa shape index (κ1) is 12.2. The highest BCUT2D eigenvalue weighted by Crippen LogP contribution is 2.12. The molecule has 0 fully saturated rings. The minimum atomic E-state index is 0.0584. The van der Waals surface area contributed by atoms with Gasteiger partial charge in [0.15, 0.2) is 0 Å². The highest BCUT2D eigenvalue weighted by Gasteiger charge is 2.06. The number of nitrogens with two attached hydrogens (primary N) is 1. The van der Waals surface area contributed by atoms with E-state index in [0.717, 1.165) is 30.4 Å². The van der Waals surface area contributed by atoms with E-state index in [-0.39, 0.29) is 19.3 Å². The van der Waals surface area contributed by atoms with Crippen molar-refractivity contribution in [2.24, 2.45) is 5.73 Å². The quantitative estimate of drug-likeness (QED) is 0.650. The van der Waals surface area contributed by atoms with Gasteiger partial charge in [0, 0.05) is 12.6 Å². The summed E-state index contributed by atoms with van der Waals surface area (Å²) < 4.78 is 0. The predicted molar refractivity (Wildman–Crippen MR) is 60.4 cm³/mol.